The summed E-state index contributed by atoms with van der Waals surface area (Å²) in [6, 6.07) is 21.3. The summed E-state index contributed by atoms with van der Waals surface area (Å²) in [6.07, 6.45) is 2.80. The van der Waals surface area contributed by atoms with Crippen LogP contribution in [0.2, 0.25) is 0 Å². The maximum absolute atomic E-state index is 12.4. The lowest BCUT2D eigenvalue weighted by Crippen LogP contribution is -2.23. The summed E-state index contributed by atoms with van der Waals surface area (Å²) in [4.78, 5) is 20.4. The maximum Gasteiger partial charge on any atom is 0.258 e. The fourth-order valence-electron chi connectivity index (χ4n) is 2.80. The van der Waals surface area contributed by atoms with Gasteiger partial charge in [-0.2, -0.15) is 10.1 Å². The molecule has 0 aliphatic heterocycles. The molecule has 2 heterocycles. The number of nitrogens with zero attached hydrogens (tertiary/aromatic N) is 4. The topological polar surface area (TPSA) is 101 Å². The van der Waals surface area contributed by atoms with E-state index in [0.29, 0.717) is 12.2 Å². The van der Waals surface area contributed by atoms with Gasteiger partial charge in [0, 0.05) is 18.9 Å². The molecule has 0 fully saturated rings. The number of aromatic hydroxyl groups is 1. The average Bonchev–Trinajstić information content (AvgIpc) is 2.79. The third kappa shape index (κ3) is 4.24. The molecule has 4 rings (SSSR count). The van der Waals surface area contributed by atoms with Gasteiger partial charge in [-0.15, -0.1) is 5.10 Å². The number of hydrogen-bond acceptors (Lipinski definition) is 6. The number of rotatable bonds is 5. The summed E-state index contributed by atoms with van der Waals surface area (Å²) in [5, 5.41) is 20.5. The number of carbonyl (C=O) groups is 1. The standard InChI is InChI=1S/C22H17N5O2/c28-21(18-14-23-20(26-22(18)29)19-7-4-12-25-27-19)24-13-15-8-10-17(11-9-15)16-5-2-1-3-6-16/h1-12,14H,13H2,(H,24,28)(H,23,26,29). The Hall–Kier alpha value is -4.13. The van der Waals surface area contributed by atoms with Gasteiger partial charge in [-0.3, -0.25) is 4.79 Å². The van der Waals surface area contributed by atoms with Crippen molar-refractivity contribution >= 4 is 5.91 Å². The van der Waals surface area contributed by atoms with Gasteiger partial charge in [0.15, 0.2) is 5.82 Å². The lowest BCUT2D eigenvalue weighted by atomic mass is 10.0. The molecule has 29 heavy (non-hydrogen) atoms. The van der Waals surface area contributed by atoms with Crippen molar-refractivity contribution in [3.63, 3.8) is 0 Å². The summed E-state index contributed by atoms with van der Waals surface area (Å²) in [7, 11) is 0. The van der Waals surface area contributed by atoms with Crippen molar-refractivity contribution in [3.05, 3.63) is 90.3 Å². The first-order valence-corrected chi connectivity index (χ1v) is 8.97. The third-order valence-electron chi connectivity index (χ3n) is 4.33. The molecule has 0 spiro atoms. The molecule has 0 saturated heterocycles. The molecule has 2 aromatic heterocycles. The lowest BCUT2D eigenvalue weighted by Gasteiger charge is -2.08. The number of amides is 1. The summed E-state index contributed by atoms with van der Waals surface area (Å²) < 4.78 is 0. The molecule has 0 unspecified atom stereocenters. The van der Waals surface area contributed by atoms with E-state index in [-0.39, 0.29) is 11.4 Å². The van der Waals surface area contributed by atoms with Crippen LogP contribution >= 0.6 is 0 Å². The van der Waals surface area contributed by atoms with Crippen LogP contribution in [0.5, 0.6) is 5.88 Å². The van der Waals surface area contributed by atoms with E-state index in [1.807, 2.05) is 54.6 Å². The predicted molar refractivity (Wildman–Crippen MR) is 108 cm³/mol. The van der Waals surface area contributed by atoms with Gasteiger partial charge < -0.3 is 10.4 Å². The third-order valence-corrected chi connectivity index (χ3v) is 4.33. The van der Waals surface area contributed by atoms with Crippen molar-refractivity contribution in [1.29, 1.82) is 0 Å². The van der Waals surface area contributed by atoms with Gasteiger partial charge in [0.2, 0.25) is 5.88 Å². The van der Waals surface area contributed by atoms with Crippen LogP contribution in [0.1, 0.15) is 15.9 Å². The molecule has 7 heteroatoms. The largest absolute Gasteiger partial charge is 0.493 e. The summed E-state index contributed by atoms with van der Waals surface area (Å²) >= 11 is 0. The Labute approximate surface area is 167 Å². The summed E-state index contributed by atoms with van der Waals surface area (Å²) in [6.45, 7) is 0.319. The molecule has 2 aromatic carbocycles. The van der Waals surface area contributed by atoms with Crippen molar-refractivity contribution in [1.82, 2.24) is 25.5 Å². The van der Waals surface area contributed by atoms with E-state index in [9.17, 15) is 9.90 Å². The highest BCUT2D eigenvalue weighted by Gasteiger charge is 2.15. The minimum atomic E-state index is -0.458. The Morgan fingerprint density at radius 2 is 1.69 bits per heavy atom. The highest BCUT2D eigenvalue weighted by atomic mass is 16.3. The highest BCUT2D eigenvalue weighted by molar-refractivity contribution is 5.96. The molecule has 0 atom stereocenters. The van der Waals surface area contributed by atoms with Crippen molar-refractivity contribution in [2.24, 2.45) is 0 Å². The van der Waals surface area contributed by atoms with Gasteiger partial charge in [-0.25, -0.2) is 4.98 Å². The van der Waals surface area contributed by atoms with Crippen molar-refractivity contribution in [2.75, 3.05) is 0 Å². The van der Waals surface area contributed by atoms with Crippen LogP contribution in [0.4, 0.5) is 0 Å². The Morgan fingerprint density at radius 3 is 2.38 bits per heavy atom. The van der Waals surface area contributed by atoms with E-state index in [0.717, 1.165) is 16.7 Å². The molecule has 4 aromatic rings. The SMILES string of the molecule is O=C(NCc1ccc(-c2ccccc2)cc1)c1cnc(-c2cccnn2)nc1O. The number of benzene rings is 2. The molecule has 0 saturated carbocycles. The van der Waals surface area contributed by atoms with Crippen molar-refractivity contribution in [2.45, 2.75) is 6.54 Å². The van der Waals surface area contributed by atoms with Gasteiger partial charge in [0.25, 0.3) is 5.91 Å². The monoisotopic (exact) mass is 383 g/mol. The molecule has 0 radical (unpaired) electrons. The van der Waals surface area contributed by atoms with Gasteiger partial charge in [0.05, 0.1) is 0 Å². The van der Waals surface area contributed by atoms with Gasteiger partial charge >= 0.3 is 0 Å². The minimum absolute atomic E-state index is 0.00135. The Bertz CT molecular complexity index is 1120. The Kier molecular flexibility index (Phi) is 5.20. The molecule has 1 amide bonds. The molecular formula is C22H17N5O2. The smallest absolute Gasteiger partial charge is 0.258 e. The summed E-state index contributed by atoms with van der Waals surface area (Å²) in [5.41, 5.74) is 3.58. The van der Waals surface area contributed by atoms with Crippen LogP contribution in [-0.4, -0.2) is 31.2 Å². The Balaban J connectivity index is 1.42. The number of aromatic nitrogens is 4. The van der Waals surface area contributed by atoms with Crippen molar-refractivity contribution in [3.8, 4) is 28.5 Å². The Morgan fingerprint density at radius 1 is 0.931 bits per heavy atom. The first-order valence-electron chi connectivity index (χ1n) is 8.97. The quantitative estimate of drug-likeness (QED) is 0.549. The van der Waals surface area contributed by atoms with Gasteiger partial charge in [-0.1, -0.05) is 54.6 Å². The second kappa shape index (κ2) is 8.26. The second-order valence-electron chi connectivity index (χ2n) is 6.29. The van der Waals surface area contributed by atoms with Gasteiger partial charge in [0.1, 0.15) is 11.3 Å². The maximum atomic E-state index is 12.4. The van der Waals surface area contributed by atoms with Gasteiger partial charge in [-0.05, 0) is 28.8 Å². The first kappa shape index (κ1) is 18.2. The minimum Gasteiger partial charge on any atom is -0.493 e. The van der Waals surface area contributed by atoms with Crippen LogP contribution in [-0.2, 0) is 6.54 Å². The average molecular weight is 383 g/mol. The molecule has 0 aliphatic carbocycles. The highest BCUT2D eigenvalue weighted by Crippen LogP contribution is 2.20. The van der Waals surface area contributed by atoms with E-state index < -0.39 is 11.8 Å². The second-order valence-corrected chi connectivity index (χ2v) is 6.29. The zero-order valence-corrected chi connectivity index (χ0v) is 15.4. The number of hydrogen-bond donors (Lipinski definition) is 2. The fourth-order valence-corrected chi connectivity index (χ4v) is 2.80. The van der Waals surface area contributed by atoms with Crippen LogP contribution in [0, 0.1) is 0 Å². The first-order chi connectivity index (χ1) is 14.2. The predicted octanol–water partition coefficient (Wildman–Crippen LogP) is 3.24. The van der Waals surface area contributed by atoms with Crippen LogP contribution in [0.25, 0.3) is 22.6 Å². The van der Waals surface area contributed by atoms with E-state index in [4.69, 9.17) is 0 Å². The van der Waals surface area contributed by atoms with Crippen LogP contribution in [0.3, 0.4) is 0 Å². The van der Waals surface area contributed by atoms with E-state index >= 15 is 0 Å². The number of carbonyl (C=O) groups excluding carboxylic acids is 1. The molecule has 0 bridgehead atoms. The van der Waals surface area contributed by atoms with E-state index in [2.05, 4.69) is 25.5 Å². The molecule has 7 nitrogen and oxygen atoms in total. The molecular weight excluding hydrogens is 366 g/mol. The van der Waals surface area contributed by atoms with Crippen LogP contribution < -0.4 is 5.32 Å². The lowest BCUT2D eigenvalue weighted by molar-refractivity contribution is 0.0947. The zero-order valence-electron chi connectivity index (χ0n) is 15.4. The molecule has 0 aliphatic rings. The summed E-state index contributed by atoms with van der Waals surface area (Å²) in [5.74, 6) is -0.665. The van der Waals surface area contributed by atoms with E-state index in [1.54, 1.807) is 12.1 Å². The van der Waals surface area contributed by atoms with E-state index in [1.165, 1.54) is 12.4 Å². The molecule has 2 N–H and O–H groups in total. The fraction of sp³-hybridized carbons (Fsp3) is 0.0455. The zero-order chi connectivity index (χ0) is 20.1. The van der Waals surface area contributed by atoms with Crippen LogP contribution in [0.15, 0.2) is 79.1 Å². The number of nitrogens with one attached hydrogen (secondary N) is 1. The van der Waals surface area contributed by atoms with Crippen molar-refractivity contribution < 1.29 is 9.90 Å². The molecule has 142 valence electrons. The normalized spacial score (nSPS) is 10.5.